The van der Waals surface area contributed by atoms with E-state index in [0.717, 1.165) is 11.1 Å². The number of carboxylic acid groups (broad SMARTS) is 1. The summed E-state index contributed by atoms with van der Waals surface area (Å²) in [6, 6.07) is 6.34. The number of hydrogen-bond donors (Lipinski definition) is 2. The molecule has 0 bridgehead atoms. The maximum absolute atomic E-state index is 12.1. The van der Waals surface area contributed by atoms with Crippen molar-refractivity contribution < 1.29 is 14.7 Å². The number of aliphatic carboxylic acids is 1. The summed E-state index contributed by atoms with van der Waals surface area (Å²) >= 11 is 3.15. The molecule has 1 heterocycles. The van der Waals surface area contributed by atoms with E-state index in [-0.39, 0.29) is 6.54 Å². The van der Waals surface area contributed by atoms with E-state index in [0.29, 0.717) is 17.4 Å². The van der Waals surface area contributed by atoms with Crippen LogP contribution in [0.1, 0.15) is 11.1 Å². The van der Waals surface area contributed by atoms with Crippen molar-refractivity contribution in [2.24, 2.45) is 0 Å². The van der Waals surface area contributed by atoms with Crippen molar-refractivity contribution in [3.63, 3.8) is 0 Å². The van der Waals surface area contributed by atoms with E-state index in [9.17, 15) is 14.7 Å². The number of fused-ring (bicyclic) bond motifs is 1. The van der Waals surface area contributed by atoms with Crippen LogP contribution in [0.5, 0.6) is 0 Å². The molecule has 5 nitrogen and oxygen atoms in total. The van der Waals surface area contributed by atoms with Gasteiger partial charge in [-0.05, 0) is 11.1 Å². The molecule has 0 aromatic heterocycles. The van der Waals surface area contributed by atoms with Crippen molar-refractivity contribution in [2.45, 2.75) is 19.0 Å². The highest BCUT2D eigenvalue weighted by Gasteiger charge is 2.34. The second kappa shape index (κ2) is 6.09. The fourth-order valence-electron chi connectivity index (χ4n) is 2.23. The Morgan fingerprint density at radius 2 is 2.05 bits per heavy atom. The van der Waals surface area contributed by atoms with Crippen molar-refractivity contribution in [1.29, 1.82) is 0 Å². The number of nitrogens with one attached hydrogen (secondary N) is 1. The first kappa shape index (κ1) is 14.6. The van der Waals surface area contributed by atoms with E-state index < -0.39 is 18.0 Å². The van der Waals surface area contributed by atoms with Gasteiger partial charge in [0.15, 0.2) is 0 Å². The van der Waals surface area contributed by atoms with Gasteiger partial charge in [-0.2, -0.15) is 0 Å². The van der Waals surface area contributed by atoms with Crippen molar-refractivity contribution >= 4 is 27.9 Å². The number of urea groups is 1. The van der Waals surface area contributed by atoms with Gasteiger partial charge in [-0.25, -0.2) is 9.59 Å². The first-order chi connectivity index (χ1) is 9.49. The lowest BCUT2D eigenvalue weighted by Crippen LogP contribution is -2.52. The fraction of sp³-hybridized carbons (Fsp3) is 0.286. The third-order valence-electron chi connectivity index (χ3n) is 3.23. The molecule has 6 heteroatoms. The number of benzene rings is 1. The van der Waals surface area contributed by atoms with Crippen LogP contribution in [0.25, 0.3) is 0 Å². The predicted molar refractivity (Wildman–Crippen MR) is 78.6 cm³/mol. The van der Waals surface area contributed by atoms with E-state index in [1.807, 2.05) is 24.3 Å². The maximum Gasteiger partial charge on any atom is 0.326 e. The van der Waals surface area contributed by atoms with Crippen LogP contribution >= 0.6 is 15.9 Å². The topological polar surface area (TPSA) is 69.6 Å². The summed E-state index contributed by atoms with van der Waals surface area (Å²) < 4.78 is 0.634. The number of halogens is 1. The quantitative estimate of drug-likeness (QED) is 0.886. The van der Waals surface area contributed by atoms with Crippen molar-refractivity contribution in [1.82, 2.24) is 10.2 Å². The Balaban J connectivity index is 2.20. The van der Waals surface area contributed by atoms with Crippen molar-refractivity contribution in [3.8, 4) is 0 Å². The predicted octanol–water partition coefficient (Wildman–Crippen LogP) is 2.12. The molecule has 0 unspecified atom stereocenters. The van der Waals surface area contributed by atoms with E-state index in [2.05, 4.69) is 27.8 Å². The zero-order valence-electron chi connectivity index (χ0n) is 10.8. The van der Waals surface area contributed by atoms with Gasteiger partial charge in [-0.15, -0.1) is 0 Å². The van der Waals surface area contributed by atoms with Crippen LogP contribution in [0.15, 0.2) is 35.3 Å². The first-order valence-corrected chi connectivity index (χ1v) is 6.95. The van der Waals surface area contributed by atoms with Gasteiger partial charge in [-0.3, -0.25) is 0 Å². The van der Waals surface area contributed by atoms with Gasteiger partial charge in [-0.1, -0.05) is 46.8 Å². The van der Waals surface area contributed by atoms with Crippen LogP contribution in [0.3, 0.4) is 0 Å². The number of nitrogens with zero attached hydrogens (tertiary/aromatic N) is 1. The molecule has 0 radical (unpaired) electrons. The highest BCUT2D eigenvalue weighted by Crippen LogP contribution is 2.23. The van der Waals surface area contributed by atoms with Crippen LogP contribution in [0.4, 0.5) is 4.79 Å². The molecule has 0 aliphatic carbocycles. The number of carboxylic acids is 1. The van der Waals surface area contributed by atoms with Gasteiger partial charge in [0, 0.05) is 17.4 Å². The summed E-state index contributed by atoms with van der Waals surface area (Å²) in [5.74, 6) is -0.993. The van der Waals surface area contributed by atoms with E-state index in [1.165, 1.54) is 4.90 Å². The van der Waals surface area contributed by atoms with Crippen LogP contribution in [-0.4, -0.2) is 34.6 Å². The van der Waals surface area contributed by atoms with Gasteiger partial charge in [0.1, 0.15) is 6.04 Å². The zero-order chi connectivity index (χ0) is 14.7. The van der Waals surface area contributed by atoms with Gasteiger partial charge in [0.2, 0.25) is 0 Å². The van der Waals surface area contributed by atoms with E-state index in [1.54, 1.807) is 0 Å². The third-order valence-corrected chi connectivity index (χ3v) is 3.51. The number of hydrogen-bond acceptors (Lipinski definition) is 2. The molecule has 0 saturated heterocycles. The second-order valence-corrected chi connectivity index (χ2v) is 5.75. The number of carbonyl (C=O) groups is 2. The molecule has 1 atom stereocenters. The van der Waals surface area contributed by atoms with Gasteiger partial charge >= 0.3 is 12.0 Å². The lowest BCUT2D eigenvalue weighted by molar-refractivity contribution is -0.142. The van der Waals surface area contributed by atoms with E-state index >= 15 is 0 Å². The molecule has 106 valence electrons. The van der Waals surface area contributed by atoms with Crippen LogP contribution in [0, 0.1) is 0 Å². The Morgan fingerprint density at radius 3 is 2.65 bits per heavy atom. The average Bonchev–Trinajstić information content (AvgIpc) is 2.43. The van der Waals surface area contributed by atoms with E-state index in [4.69, 9.17) is 0 Å². The Labute approximate surface area is 125 Å². The Hall–Kier alpha value is -1.82. The minimum absolute atomic E-state index is 0.267. The van der Waals surface area contributed by atoms with Crippen LogP contribution in [-0.2, 0) is 17.8 Å². The van der Waals surface area contributed by atoms with Crippen molar-refractivity contribution in [3.05, 3.63) is 46.5 Å². The SMILES string of the molecule is C=C(Br)CNC(=O)N1Cc2ccccc2C[C@@H]1C(=O)O. The molecule has 1 aromatic carbocycles. The summed E-state index contributed by atoms with van der Waals surface area (Å²) in [6.45, 7) is 4.20. The number of amides is 2. The van der Waals surface area contributed by atoms with Gasteiger partial charge < -0.3 is 15.3 Å². The first-order valence-electron chi connectivity index (χ1n) is 6.16. The zero-order valence-corrected chi connectivity index (χ0v) is 12.4. The lowest BCUT2D eigenvalue weighted by atomic mass is 9.94. The summed E-state index contributed by atoms with van der Waals surface area (Å²) in [4.78, 5) is 24.8. The Morgan fingerprint density at radius 1 is 1.40 bits per heavy atom. The molecule has 0 saturated carbocycles. The molecular weight excluding hydrogens is 324 g/mol. The molecular formula is C14H15BrN2O3. The van der Waals surface area contributed by atoms with Crippen LogP contribution < -0.4 is 5.32 Å². The normalized spacial score (nSPS) is 17.2. The Kier molecular flexibility index (Phi) is 4.44. The average molecular weight is 339 g/mol. The monoisotopic (exact) mass is 338 g/mol. The lowest BCUT2D eigenvalue weighted by Gasteiger charge is -2.34. The standard InChI is InChI=1S/C14H15BrN2O3/c1-9(15)7-16-14(20)17-8-11-5-3-2-4-10(11)6-12(17)13(18)19/h2-5,12H,1,6-8H2,(H,16,20)(H,18,19)/t12-/m1/s1. The number of carbonyl (C=O) groups excluding carboxylic acids is 1. The smallest absolute Gasteiger partial charge is 0.326 e. The molecule has 2 N–H and O–H groups in total. The fourth-order valence-corrected chi connectivity index (χ4v) is 2.37. The molecule has 20 heavy (non-hydrogen) atoms. The highest BCUT2D eigenvalue weighted by atomic mass is 79.9. The molecule has 1 aromatic rings. The minimum Gasteiger partial charge on any atom is -0.480 e. The molecule has 2 rings (SSSR count). The van der Waals surface area contributed by atoms with Crippen LogP contribution in [0.2, 0.25) is 0 Å². The Bertz CT molecular complexity index is 559. The minimum atomic E-state index is -0.993. The summed E-state index contributed by atoms with van der Waals surface area (Å²) in [7, 11) is 0. The molecule has 2 amide bonds. The maximum atomic E-state index is 12.1. The summed E-state index contributed by atoms with van der Waals surface area (Å²) in [5, 5.41) is 12.0. The number of rotatable bonds is 3. The molecule has 1 aliphatic rings. The highest BCUT2D eigenvalue weighted by molar-refractivity contribution is 9.11. The molecule has 0 fully saturated rings. The molecule has 0 spiro atoms. The molecule has 1 aliphatic heterocycles. The summed E-state index contributed by atoms with van der Waals surface area (Å²) in [5.41, 5.74) is 1.96. The largest absolute Gasteiger partial charge is 0.480 e. The van der Waals surface area contributed by atoms with Gasteiger partial charge in [0.05, 0.1) is 6.54 Å². The second-order valence-electron chi connectivity index (χ2n) is 4.63. The van der Waals surface area contributed by atoms with Crippen molar-refractivity contribution in [2.75, 3.05) is 6.54 Å². The third kappa shape index (κ3) is 3.19. The summed E-state index contributed by atoms with van der Waals surface area (Å²) in [6.07, 6.45) is 0.328. The van der Waals surface area contributed by atoms with Gasteiger partial charge in [0.25, 0.3) is 0 Å².